The molecule has 0 spiro atoms. The summed E-state index contributed by atoms with van der Waals surface area (Å²) in [5, 5.41) is 5.14. The number of hydrogen-bond acceptors (Lipinski definition) is 2. The van der Waals surface area contributed by atoms with Gasteiger partial charge in [-0.05, 0) is 155 Å². The highest BCUT2D eigenvalue weighted by Gasteiger charge is 2.46. The zero-order valence-electron chi connectivity index (χ0n) is 40.0. The zero-order chi connectivity index (χ0) is 48.3. The molecule has 1 aliphatic carbocycles. The molecule has 73 heavy (non-hydrogen) atoms. The molecule has 1 nitrogen and oxygen atoms in total. The summed E-state index contributed by atoms with van der Waals surface area (Å²) in [4.78, 5) is 2.39. The van der Waals surface area contributed by atoms with Crippen LogP contribution in [0, 0.1) is 0 Å². The Bertz CT molecular complexity index is 4130. The maximum absolute atomic E-state index is 2.45. The van der Waals surface area contributed by atoms with Gasteiger partial charge in [-0.25, -0.2) is 0 Å². The Balaban J connectivity index is 0.855. The van der Waals surface area contributed by atoms with Crippen molar-refractivity contribution in [2.75, 3.05) is 4.90 Å². The molecule has 0 atom stereocenters. The van der Waals surface area contributed by atoms with E-state index in [1.165, 1.54) is 109 Å². The molecule has 0 fully saturated rings. The number of hydrogen-bond donors (Lipinski definition) is 0. The first-order valence-electron chi connectivity index (χ1n) is 25.1. The standard InChI is InChI=1S/C71H47NS/c1-3-19-57(20-4-1)71(58-21-5-2-6-22-58)66-26-11-9-23-63(66)64-44-37-56(47-67(64)71)50-33-40-60(41-34-50)72(61-42-35-51(36-43-61)62-25-14-28-69-70(62)65-24-10-12-27-68(65)73-69)59-38-31-49(32-39-59)53-17-13-18-54(45-53)55-30-29-48-15-7-8-16-52(48)46-55/h1-47H. The number of benzene rings is 12. The monoisotopic (exact) mass is 945 g/mol. The van der Waals surface area contributed by atoms with Crippen molar-refractivity contribution in [3.8, 4) is 55.6 Å². The van der Waals surface area contributed by atoms with Gasteiger partial charge < -0.3 is 4.90 Å². The van der Waals surface area contributed by atoms with Crippen LogP contribution < -0.4 is 4.90 Å². The molecule has 12 aromatic carbocycles. The SMILES string of the molecule is c1ccc(C2(c3ccccc3)c3ccccc3-c3ccc(-c4ccc(N(c5ccc(-c6cccc(-c7ccc8ccccc8c7)c6)cc5)c5ccc(-c6cccc7sc8ccccc8c67)cc5)cc4)cc32)cc1. The van der Waals surface area contributed by atoms with E-state index in [1.54, 1.807) is 0 Å². The predicted octanol–water partition coefficient (Wildman–Crippen LogP) is 19.7. The van der Waals surface area contributed by atoms with Gasteiger partial charge in [0.25, 0.3) is 0 Å². The number of nitrogens with zero attached hydrogens (tertiary/aromatic N) is 1. The number of fused-ring (bicyclic) bond motifs is 7. The van der Waals surface area contributed by atoms with Gasteiger partial charge in [0.15, 0.2) is 0 Å². The fraction of sp³-hybridized carbons (Fsp3) is 0.0141. The van der Waals surface area contributed by atoms with Crippen LogP contribution in [-0.2, 0) is 5.41 Å². The lowest BCUT2D eigenvalue weighted by atomic mass is 9.67. The van der Waals surface area contributed by atoms with E-state index in [1.807, 2.05) is 11.3 Å². The van der Waals surface area contributed by atoms with Crippen LogP contribution in [0.5, 0.6) is 0 Å². The molecular formula is C71H47NS. The molecule has 1 aliphatic rings. The van der Waals surface area contributed by atoms with E-state index in [0.29, 0.717) is 0 Å². The lowest BCUT2D eigenvalue weighted by Crippen LogP contribution is -2.28. The minimum Gasteiger partial charge on any atom is -0.311 e. The van der Waals surface area contributed by atoms with Gasteiger partial charge in [-0.15, -0.1) is 11.3 Å². The van der Waals surface area contributed by atoms with Crippen molar-refractivity contribution >= 4 is 59.3 Å². The number of anilines is 3. The molecule has 0 N–H and O–H groups in total. The molecule has 14 rings (SSSR count). The van der Waals surface area contributed by atoms with Crippen molar-refractivity contribution in [2.45, 2.75) is 5.41 Å². The lowest BCUT2D eigenvalue weighted by molar-refractivity contribution is 0.769. The van der Waals surface area contributed by atoms with Crippen molar-refractivity contribution in [2.24, 2.45) is 0 Å². The van der Waals surface area contributed by atoms with Crippen LogP contribution >= 0.6 is 11.3 Å². The van der Waals surface area contributed by atoms with Gasteiger partial charge in [-0.2, -0.15) is 0 Å². The summed E-state index contributed by atoms with van der Waals surface area (Å²) in [6, 6.07) is 105. The Labute approximate surface area is 430 Å². The van der Waals surface area contributed by atoms with Gasteiger partial charge in [0.2, 0.25) is 0 Å². The Morgan fingerprint density at radius 1 is 0.274 bits per heavy atom. The second kappa shape index (κ2) is 17.6. The van der Waals surface area contributed by atoms with Crippen molar-refractivity contribution in [1.29, 1.82) is 0 Å². The molecule has 0 aliphatic heterocycles. The minimum atomic E-state index is -0.459. The molecule has 2 heteroatoms. The van der Waals surface area contributed by atoms with Crippen molar-refractivity contribution in [3.63, 3.8) is 0 Å². The van der Waals surface area contributed by atoms with E-state index in [0.717, 1.165) is 17.1 Å². The van der Waals surface area contributed by atoms with E-state index in [4.69, 9.17) is 0 Å². The van der Waals surface area contributed by atoms with Gasteiger partial charge in [-0.3, -0.25) is 0 Å². The fourth-order valence-electron chi connectivity index (χ4n) is 11.7. The smallest absolute Gasteiger partial charge is 0.0713 e. The van der Waals surface area contributed by atoms with E-state index in [9.17, 15) is 0 Å². The topological polar surface area (TPSA) is 3.24 Å². The molecule has 0 saturated heterocycles. The normalized spacial score (nSPS) is 12.5. The van der Waals surface area contributed by atoms with Gasteiger partial charge >= 0.3 is 0 Å². The van der Waals surface area contributed by atoms with Crippen LogP contribution in [0.25, 0.3) is 86.6 Å². The predicted molar refractivity (Wildman–Crippen MR) is 311 cm³/mol. The first-order valence-corrected chi connectivity index (χ1v) is 26.0. The molecule has 1 heterocycles. The number of thiophene rings is 1. The van der Waals surface area contributed by atoms with Crippen LogP contribution in [0.2, 0.25) is 0 Å². The quantitative estimate of drug-likeness (QED) is 0.139. The third-order valence-corrected chi connectivity index (χ3v) is 16.3. The second-order valence-electron chi connectivity index (χ2n) is 19.2. The molecule has 0 amide bonds. The van der Waals surface area contributed by atoms with Crippen molar-refractivity contribution in [1.82, 2.24) is 0 Å². The maximum atomic E-state index is 2.45. The van der Waals surface area contributed by atoms with Crippen LogP contribution in [0.4, 0.5) is 17.1 Å². The molecule has 0 radical (unpaired) electrons. The summed E-state index contributed by atoms with van der Waals surface area (Å²) < 4.78 is 2.63. The molecular weight excluding hydrogens is 899 g/mol. The van der Waals surface area contributed by atoms with Gasteiger partial charge in [0.1, 0.15) is 0 Å². The van der Waals surface area contributed by atoms with Gasteiger partial charge in [0.05, 0.1) is 5.41 Å². The highest BCUT2D eigenvalue weighted by molar-refractivity contribution is 7.25. The largest absolute Gasteiger partial charge is 0.311 e. The van der Waals surface area contributed by atoms with E-state index in [2.05, 4.69) is 290 Å². The summed E-state index contributed by atoms with van der Waals surface area (Å²) in [7, 11) is 0. The van der Waals surface area contributed by atoms with Crippen LogP contribution in [0.15, 0.2) is 285 Å². The summed E-state index contributed by atoms with van der Waals surface area (Å²) in [5.74, 6) is 0. The summed E-state index contributed by atoms with van der Waals surface area (Å²) in [5.41, 5.74) is 20.2. The second-order valence-corrected chi connectivity index (χ2v) is 20.3. The van der Waals surface area contributed by atoms with E-state index < -0.39 is 5.41 Å². The highest BCUT2D eigenvalue weighted by atomic mass is 32.1. The minimum absolute atomic E-state index is 0.459. The molecule has 1 aromatic heterocycles. The molecule has 13 aromatic rings. The van der Waals surface area contributed by atoms with Crippen LogP contribution in [0.1, 0.15) is 22.3 Å². The third-order valence-electron chi connectivity index (χ3n) is 15.2. The van der Waals surface area contributed by atoms with Crippen molar-refractivity contribution < 1.29 is 0 Å². The highest BCUT2D eigenvalue weighted by Crippen LogP contribution is 2.57. The van der Waals surface area contributed by atoms with Crippen LogP contribution in [-0.4, -0.2) is 0 Å². The van der Waals surface area contributed by atoms with Crippen molar-refractivity contribution in [3.05, 3.63) is 307 Å². The van der Waals surface area contributed by atoms with Gasteiger partial charge in [-0.1, -0.05) is 218 Å². The fourth-order valence-corrected chi connectivity index (χ4v) is 12.9. The third kappa shape index (κ3) is 7.21. The Morgan fingerprint density at radius 3 is 1.45 bits per heavy atom. The van der Waals surface area contributed by atoms with Gasteiger partial charge in [0, 0.05) is 37.2 Å². The van der Waals surface area contributed by atoms with E-state index >= 15 is 0 Å². The molecule has 0 unspecified atom stereocenters. The summed E-state index contributed by atoms with van der Waals surface area (Å²) in [6.07, 6.45) is 0. The maximum Gasteiger partial charge on any atom is 0.0713 e. The number of rotatable bonds is 9. The molecule has 0 saturated carbocycles. The average molecular weight is 946 g/mol. The zero-order valence-corrected chi connectivity index (χ0v) is 40.8. The average Bonchev–Trinajstić information content (AvgIpc) is 4.00. The Morgan fingerprint density at radius 2 is 0.753 bits per heavy atom. The molecule has 0 bridgehead atoms. The van der Waals surface area contributed by atoms with Crippen LogP contribution in [0.3, 0.4) is 0 Å². The summed E-state index contributed by atoms with van der Waals surface area (Å²) in [6.45, 7) is 0. The first kappa shape index (κ1) is 42.8. The first-order chi connectivity index (χ1) is 36.2. The molecule has 342 valence electrons. The summed E-state index contributed by atoms with van der Waals surface area (Å²) >= 11 is 1.86. The Hall–Kier alpha value is -9.08. The van der Waals surface area contributed by atoms with E-state index in [-0.39, 0.29) is 0 Å². The Kier molecular flexibility index (Phi) is 10.3. The lowest BCUT2D eigenvalue weighted by Gasteiger charge is -2.34.